The van der Waals surface area contributed by atoms with Crippen molar-refractivity contribution in [3.05, 3.63) is 44.6 Å². The van der Waals surface area contributed by atoms with E-state index in [-0.39, 0.29) is 5.69 Å². The number of nitro benzene ring substituents is 1. The van der Waals surface area contributed by atoms with Crippen molar-refractivity contribution in [2.45, 2.75) is 13.8 Å². The Kier molecular flexibility index (Phi) is 2.52. The zero-order valence-corrected chi connectivity index (χ0v) is 9.58. The third kappa shape index (κ3) is 1.61. The van der Waals surface area contributed by atoms with Crippen LogP contribution in [0.4, 0.5) is 5.69 Å². The summed E-state index contributed by atoms with van der Waals surface area (Å²) in [5.41, 5.74) is 2.15. The van der Waals surface area contributed by atoms with Crippen LogP contribution >= 0.6 is 11.6 Å². The van der Waals surface area contributed by atoms with Gasteiger partial charge in [-0.25, -0.2) is 0 Å². The zero-order chi connectivity index (χ0) is 11.9. The maximum atomic E-state index is 10.9. The first-order valence-corrected chi connectivity index (χ1v) is 5.09. The molecular formula is C11H9ClN2O2. The Morgan fingerprint density at radius 2 is 2.06 bits per heavy atom. The van der Waals surface area contributed by atoms with Crippen LogP contribution in [0.15, 0.2) is 18.2 Å². The Bertz CT molecular complexity index is 596. The molecule has 0 spiro atoms. The lowest BCUT2D eigenvalue weighted by atomic mass is 10.1. The molecule has 0 fully saturated rings. The number of nitro groups is 1. The van der Waals surface area contributed by atoms with Crippen LogP contribution in [0.3, 0.4) is 0 Å². The lowest BCUT2D eigenvalue weighted by molar-refractivity contribution is -0.383. The summed E-state index contributed by atoms with van der Waals surface area (Å²) in [5.74, 6) is 0. The van der Waals surface area contributed by atoms with E-state index in [1.165, 1.54) is 12.1 Å². The first-order chi connectivity index (χ1) is 7.50. The second-order valence-electron chi connectivity index (χ2n) is 3.63. The Morgan fingerprint density at radius 1 is 1.38 bits per heavy atom. The van der Waals surface area contributed by atoms with E-state index in [1.807, 2.05) is 19.9 Å². The molecule has 0 aliphatic heterocycles. The van der Waals surface area contributed by atoms with Crippen molar-refractivity contribution in [3.63, 3.8) is 0 Å². The molecule has 2 aromatic rings. The minimum atomic E-state index is -0.414. The number of fused-ring (bicyclic) bond motifs is 1. The SMILES string of the molecule is Cc1cc(C)c2c([N+](=O)[O-])ccc(Cl)c2n1. The van der Waals surface area contributed by atoms with Crippen molar-refractivity contribution in [1.82, 2.24) is 4.98 Å². The Morgan fingerprint density at radius 3 is 2.69 bits per heavy atom. The fourth-order valence-corrected chi connectivity index (χ4v) is 2.00. The number of benzene rings is 1. The molecule has 0 aliphatic rings. The summed E-state index contributed by atoms with van der Waals surface area (Å²) in [7, 11) is 0. The molecule has 16 heavy (non-hydrogen) atoms. The molecule has 82 valence electrons. The van der Waals surface area contributed by atoms with Gasteiger partial charge >= 0.3 is 0 Å². The molecule has 0 saturated heterocycles. The molecule has 1 heterocycles. The van der Waals surface area contributed by atoms with Gasteiger partial charge in [-0.05, 0) is 31.5 Å². The van der Waals surface area contributed by atoms with Crippen molar-refractivity contribution in [3.8, 4) is 0 Å². The second-order valence-corrected chi connectivity index (χ2v) is 4.03. The number of hydrogen-bond donors (Lipinski definition) is 0. The van der Waals surface area contributed by atoms with Crippen LogP contribution in [-0.2, 0) is 0 Å². The summed E-state index contributed by atoms with van der Waals surface area (Å²) in [6.45, 7) is 3.65. The number of hydrogen-bond acceptors (Lipinski definition) is 3. The van der Waals surface area contributed by atoms with Gasteiger partial charge in [0.05, 0.1) is 20.8 Å². The molecule has 1 aromatic heterocycles. The van der Waals surface area contributed by atoms with Gasteiger partial charge in [0.2, 0.25) is 0 Å². The van der Waals surface area contributed by atoms with Crippen LogP contribution in [0.5, 0.6) is 0 Å². The molecule has 0 amide bonds. The highest BCUT2D eigenvalue weighted by Gasteiger charge is 2.17. The van der Waals surface area contributed by atoms with Crippen LogP contribution in [0, 0.1) is 24.0 Å². The van der Waals surface area contributed by atoms with Crippen LogP contribution in [0.25, 0.3) is 10.9 Å². The van der Waals surface area contributed by atoms with Gasteiger partial charge in [0.1, 0.15) is 0 Å². The summed E-state index contributed by atoms with van der Waals surface area (Å²) in [4.78, 5) is 14.7. The summed E-state index contributed by atoms with van der Waals surface area (Å²) in [6.07, 6.45) is 0. The Hall–Kier alpha value is -1.68. The average Bonchev–Trinajstić information content (AvgIpc) is 2.19. The van der Waals surface area contributed by atoms with E-state index < -0.39 is 4.92 Å². The van der Waals surface area contributed by atoms with Gasteiger partial charge in [0.15, 0.2) is 0 Å². The molecule has 0 aliphatic carbocycles. The monoisotopic (exact) mass is 236 g/mol. The minimum absolute atomic E-state index is 0.0457. The zero-order valence-electron chi connectivity index (χ0n) is 8.82. The fourth-order valence-electron chi connectivity index (χ4n) is 1.80. The van der Waals surface area contributed by atoms with Gasteiger partial charge in [0, 0.05) is 11.8 Å². The summed E-state index contributed by atoms with van der Waals surface area (Å²) < 4.78 is 0. The van der Waals surface area contributed by atoms with Gasteiger partial charge in [-0.1, -0.05) is 11.6 Å². The standard InChI is InChI=1S/C11H9ClN2O2/c1-6-5-7(2)13-11-8(12)3-4-9(10(6)11)14(15)16/h3-5H,1-2H3. The molecule has 0 unspecified atom stereocenters. The molecule has 0 bridgehead atoms. The van der Waals surface area contributed by atoms with Crippen LogP contribution in [0.2, 0.25) is 5.02 Å². The molecule has 2 rings (SSSR count). The molecule has 0 saturated carbocycles. The van der Waals surface area contributed by atoms with Gasteiger partial charge in [-0.15, -0.1) is 0 Å². The quantitative estimate of drug-likeness (QED) is 0.563. The molecule has 5 heteroatoms. The Labute approximate surface area is 97.0 Å². The van der Waals surface area contributed by atoms with E-state index in [9.17, 15) is 10.1 Å². The van der Waals surface area contributed by atoms with Crippen molar-refractivity contribution >= 4 is 28.2 Å². The van der Waals surface area contributed by atoms with Crippen LogP contribution in [0.1, 0.15) is 11.3 Å². The predicted octanol–water partition coefficient (Wildman–Crippen LogP) is 3.41. The van der Waals surface area contributed by atoms with Crippen molar-refractivity contribution in [2.75, 3.05) is 0 Å². The predicted molar refractivity (Wildman–Crippen MR) is 62.9 cm³/mol. The van der Waals surface area contributed by atoms with Crippen LogP contribution < -0.4 is 0 Å². The smallest absolute Gasteiger partial charge is 0.258 e. The normalized spacial score (nSPS) is 10.7. The molecule has 4 nitrogen and oxygen atoms in total. The molecule has 0 radical (unpaired) electrons. The lowest BCUT2D eigenvalue weighted by Gasteiger charge is -2.05. The molecule has 1 aromatic carbocycles. The maximum absolute atomic E-state index is 10.9. The number of halogens is 1. The van der Waals surface area contributed by atoms with Gasteiger partial charge in [-0.3, -0.25) is 15.1 Å². The number of nitrogens with zero attached hydrogens (tertiary/aromatic N) is 2. The second kappa shape index (κ2) is 3.72. The van der Waals surface area contributed by atoms with Gasteiger partial charge < -0.3 is 0 Å². The van der Waals surface area contributed by atoms with Gasteiger partial charge in [0.25, 0.3) is 5.69 Å². The third-order valence-corrected chi connectivity index (χ3v) is 2.72. The highest BCUT2D eigenvalue weighted by Crippen LogP contribution is 2.32. The molecule has 0 N–H and O–H groups in total. The van der Waals surface area contributed by atoms with Crippen molar-refractivity contribution in [2.24, 2.45) is 0 Å². The lowest BCUT2D eigenvalue weighted by Crippen LogP contribution is -1.95. The van der Waals surface area contributed by atoms with E-state index in [0.717, 1.165) is 11.3 Å². The summed E-state index contributed by atoms with van der Waals surface area (Å²) in [6, 6.07) is 4.73. The third-order valence-electron chi connectivity index (χ3n) is 2.41. The highest BCUT2D eigenvalue weighted by molar-refractivity contribution is 6.35. The average molecular weight is 237 g/mol. The van der Waals surface area contributed by atoms with E-state index >= 15 is 0 Å². The largest absolute Gasteiger partial charge is 0.279 e. The van der Waals surface area contributed by atoms with Gasteiger partial charge in [-0.2, -0.15) is 0 Å². The number of aryl methyl sites for hydroxylation is 2. The fraction of sp³-hybridized carbons (Fsp3) is 0.182. The highest BCUT2D eigenvalue weighted by atomic mass is 35.5. The van der Waals surface area contributed by atoms with Crippen molar-refractivity contribution < 1.29 is 4.92 Å². The first-order valence-electron chi connectivity index (χ1n) is 4.71. The van der Waals surface area contributed by atoms with Crippen LogP contribution in [-0.4, -0.2) is 9.91 Å². The summed E-state index contributed by atoms with van der Waals surface area (Å²) in [5, 5.41) is 11.9. The molecule has 0 atom stereocenters. The van der Waals surface area contributed by atoms with E-state index in [2.05, 4.69) is 4.98 Å². The van der Waals surface area contributed by atoms with E-state index in [0.29, 0.717) is 15.9 Å². The van der Waals surface area contributed by atoms with Crippen molar-refractivity contribution in [1.29, 1.82) is 0 Å². The number of pyridine rings is 1. The number of rotatable bonds is 1. The van der Waals surface area contributed by atoms with E-state index in [4.69, 9.17) is 11.6 Å². The topological polar surface area (TPSA) is 56.0 Å². The number of non-ortho nitro benzene ring substituents is 1. The Balaban J connectivity index is 2.98. The minimum Gasteiger partial charge on any atom is -0.258 e. The van der Waals surface area contributed by atoms with E-state index in [1.54, 1.807) is 0 Å². The number of aromatic nitrogens is 1. The maximum Gasteiger partial charge on any atom is 0.279 e. The first kappa shape index (κ1) is 10.8. The molecular weight excluding hydrogens is 228 g/mol. The summed E-state index contributed by atoms with van der Waals surface area (Å²) >= 11 is 5.99.